The molecule has 1 rings (SSSR count). The second-order valence-electron chi connectivity index (χ2n) is 4.22. The van der Waals surface area contributed by atoms with Crippen LogP contribution in [-0.4, -0.2) is 35.0 Å². The highest BCUT2D eigenvalue weighted by atomic mass is 32.2. The first-order valence-electron chi connectivity index (χ1n) is 4.50. The number of aliphatic hydroxyl groups is 1. The molecule has 0 heterocycles. The first kappa shape index (κ1) is 12.3. The minimum absolute atomic E-state index is 0.389. The lowest BCUT2D eigenvalue weighted by Crippen LogP contribution is -2.34. The molecule has 15 heavy (non-hydrogen) atoms. The largest absolute Gasteiger partial charge is 0.770 e. The Bertz CT molecular complexity index is 356. The lowest BCUT2D eigenvalue weighted by molar-refractivity contribution is 0.249. The summed E-state index contributed by atoms with van der Waals surface area (Å²) in [5.41, 5.74) is -0.00492. The summed E-state index contributed by atoms with van der Waals surface area (Å²) in [6, 6.07) is 6.87. The minimum atomic E-state index is -2.49. The van der Waals surface area contributed by atoms with Crippen LogP contribution in [0.15, 0.2) is 24.3 Å². The number of quaternary nitrogens is 1. The molecule has 84 valence electrons. The second-order valence-corrected chi connectivity index (χ2v) is 5.18. The summed E-state index contributed by atoms with van der Waals surface area (Å²) in [6.07, 6.45) is 0. The van der Waals surface area contributed by atoms with Crippen molar-refractivity contribution in [1.82, 2.24) is 4.48 Å². The molecule has 0 saturated carbocycles. The van der Waals surface area contributed by atoms with E-state index in [2.05, 4.69) is 0 Å². The summed E-state index contributed by atoms with van der Waals surface area (Å²) in [6.45, 7) is 0. The quantitative estimate of drug-likeness (QED) is 0.614. The van der Waals surface area contributed by atoms with Crippen LogP contribution in [0, 0.1) is 0 Å². The van der Waals surface area contributed by atoms with Gasteiger partial charge >= 0.3 is 0 Å². The van der Waals surface area contributed by atoms with E-state index in [0.717, 1.165) is 5.69 Å². The molecule has 0 fully saturated rings. The number of aliphatic hydroxyl groups excluding tert-OH is 1. The van der Waals surface area contributed by atoms with Gasteiger partial charge in [0.15, 0.2) is 0 Å². The molecule has 0 aromatic heterocycles. The SMILES string of the molecule is C[N+](C)(C)c1ccc(C(O)S(=O)[O-])cc1. The Hall–Kier alpha value is -0.750. The van der Waals surface area contributed by atoms with Gasteiger partial charge in [0.05, 0.1) is 21.1 Å². The normalized spacial score (nSPS) is 16.1. The van der Waals surface area contributed by atoms with Crippen molar-refractivity contribution >= 4 is 16.8 Å². The fourth-order valence-electron chi connectivity index (χ4n) is 1.20. The fraction of sp³-hybridized carbons (Fsp3) is 0.400. The van der Waals surface area contributed by atoms with Gasteiger partial charge in [0, 0.05) is 0 Å². The Kier molecular flexibility index (Phi) is 3.62. The molecule has 1 aromatic carbocycles. The van der Waals surface area contributed by atoms with E-state index >= 15 is 0 Å². The zero-order valence-corrected chi connectivity index (χ0v) is 9.82. The molecule has 0 bridgehead atoms. The van der Waals surface area contributed by atoms with Gasteiger partial charge in [-0.2, -0.15) is 0 Å². The van der Waals surface area contributed by atoms with Gasteiger partial charge in [0.2, 0.25) is 0 Å². The number of hydrogen-bond donors (Lipinski definition) is 1. The van der Waals surface area contributed by atoms with Crippen molar-refractivity contribution in [2.75, 3.05) is 21.1 Å². The van der Waals surface area contributed by atoms with E-state index in [-0.39, 0.29) is 0 Å². The average Bonchev–Trinajstić information content (AvgIpc) is 2.15. The first-order valence-corrected chi connectivity index (χ1v) is 5.64. The highest BCUT2D eigenvalue weighted by molar-refractivity contribution is 7.79. The summed E-state index contributed by atoms with van der Waals surface area (Å²) >= 11 is -2.49. The zero-order chi connectivity index (χ0) is 11.6. The van der Waals surface area contributed by atoms with Crippen molar-refractivity contribution < 1.29 is 13.9 Å². The molecule has 4 nitrogen and oxygen atoms in total. The molecule has 2 unspecified atom stereocenters. The summed E-state index contributed by atoms with van der Waals surface area (Å²) < 4.78 is 21.7. The van der Waals surface area contributed by atoms with Crippen molar-refractivity contribution in [3.63, 3.8) is 0 Å². The highest BCUT2D eigenvalue weighted by Gasteiger charge is 2.13. The maximum Gasteiger partial charge on any atom is 0.141 e. The van der Waals surface area contributed by atoms with Crippen molar-refractivity contribution in [3.05, 3.63) is 29.8 Å². The van der Waals surface area contributed by atoms with E-state index in [0.29, 0.717) is 10.0 Å². The lowest BCUT2D eigenvalue weighted by atomic mass is 10.2. The lowest BCUT2D eigenvalue weighted by Gasteiger charge is -2.24. The van der Waals surface area contributed by atoms with E-state index in [9.17, 15) is 13.9 Å². The maximum atomic E-state index is 10.5. The van der Waals surface area contributed by atoms with Gasteiger partial charge in [0.25, 0.3) is 0 Å². The van der Waals surface area contributed by atoms with Gasteiger partial charge in [-0.3, -0.25) is 8.69 Å². The van der Waals surface area contributed by atoms with Crippen molar-refractivity contribution in [2.24, 2.45) is 0 Å². The summed E-state index contributed by atoms with van der Waals surface area (Å²) in [5.74, 6) is 0. The minimum Gasteiger partial charge on any atom is -0.770 e. The van der Waals surface area contributed by atoms with Crippen LogP contribution >= 0.6 is 0 Å². The number of rotatable bonds is 3. The first-order chi connectivity index (χ1) is 6.82. The van der Waals surface area contributed by atoms with Gasteiger partial charge < -0.3 is 9.66 Å². The zero-order valence-electron chi connectivity index (χ0n) is 9.01. The standard InChI is InChI=1S/C10H15NO3S/c1-11(2,3)9-6-4-8(5-7-9)10(12)15(13)14/h4-7,10,12H,1-3H3. The van der Waals surface area contributed by atoms with Crippen LogP contribution in [0.4, 0.5) is 5.69 Å². The van der Waals surface area contributed by atoms with Crippen LogP contribution in [-0.2, 0) is 11.1 Å². The van der Waals surface area contributed by atoms with Crippen molar-refractivity contribution in [3.8, 4) is 0 Å². The molecular weight excluding hydrogens is 214 g/mol. The predicted molar refractivity (Wildman–Crippen MR) is 59.9 cm³/mol. The van der Waals surface area contributed by atoms with Gasteiger partial charge in [-0.1, -0.05) is 0 Å². The Morgan fingerprint density at radius 2 is 1.73 bits per heavy atom. The second kappa shape index (κ2) is 4.40. The fourth-order valence-corrected chi connectivity index (χ4v) is 1.58. The molecular formula is C10H15NO3S. The van der Waals surface area contributed by atoms with Gasteiger partial charge in [-0.05, 0) is 40.9 Å². The van der Waals surface area contributed by atoms with Gasteiger partial charge in [0.1, 0.15) is 11.1 Å². The number of hydrogen-bond acceptors (Lipinski definition) is 3. The summed E-state index contributed by atoms with van der Waals surface area (Å²) in [4.78, 5) is 0. The summed E-state index contributed by atoms with van der Waals surface area (Å²) in [5, 5.41) is 9.27. The van der Waals surface area contributed by atoms with E-state index in [1.54, 1.807) is 12.1 Å². The third kappa shape index (κ3) is 3.10. The third-order valence-electron chi connectivity index (χ3n) is 2.14. The van der Waals surface area contributed by atoms with Crippen LogP contribution < -0.4 is 4.48 Å². The van der Waals surface area contributed by atoms with Crippen LogP contribution in [0.5, 0.6) is 0 Å². The monoisotopic (exact) mass is 229 g/mol. The maximum absolute atomic E-state index is 10.5. The topological polar surface area (TPSA) is 60.4 Å². The van der Waals surface area contributed by atoms with Crippen LogP contribution in [0.3, 0.4) is 0 Å². The Morgan fingerprint density at radius 3 is 2.07 bits per heavy atom. The molecule has 2 atom stereocenters. The van der Waals surface area contributed by atoms with Gasteiger partial charge in [-0.25, -0.2) is 0 Å². The van der Waals surface area contributed by atoms with Crippen molar-refractivity contribution in [1.29, 1.82) is 0 Å². The van der Waals surface area contributed by atoms with E-state index < -0.39 is 16.5 Å². The van der Waals surface area contributed by atoms with E-state index in [1.165, 1.54) is 0 Å². The molecule has 0 spiro atoms. The third-order valence-corrected chi connectivity index (χ3v) is 2.77. The molecule has 0 aliphatic rings. The smallest absolute Gasteiger partial charge is 0.141 e. The number of nitrogens with zero attached hydrogens (tertiary/aromatic N) is 1. The Balaban J connectivity index is 2.95. The van der Waals surface area contributed by atoms with Crippen molar-refractivity contribution in [2.45, 2.75) is 5.44 Å². The molecule has 1 N–H and O–H groups in total. The number of benzene rings is 1. The molecule has 0 saturated heterocycles. The van der Waals surface area contributed by atoms with Gasteiger partial charge in [-0.15, -0.1) is 0 Å². The van der Waals surface area contributed by atoms with Crippen LogP contribution in [0.25, 0.3) is 0 Å². The molecule has 0 aliphatic carbocycles. The molecule has 1 aromatic rings. The molecule has 0 amide bonds. The Morgan fingerprint density at radius 1 is 1.27 bits per heavy atom. The highest BCUT2D eigenvalue weighted by Crippen LogP contribution is 2.21. The Labute approximate surface area is 92.0 Å². The molecule has 5 heteroatoms. The van der Waals surface area contributed by atoms with Crippen LogP contribution in [0.1, 0.15) is 11.0 Å². The van der Waals surface area contributed by atoms with E-state index in [1.807, 2.05) is 33.3 Å². The molecule has 0 aliphatic heterocycles. The van der Waals surface area contributed by atoms with Crippen LogP contribution in [0.2, 0.25) is 0 Å². The summed E-state index contributed by atoms with van der Waals surface area (Å²) in [7, 11) is 6.03. The molecule has 0 radical (unpaired) electrons. The predicted octanol–water partition coefficient (Wildman–Crippen LogP) is 0.753. The average molecular weight is 229 g/mol. The van der Waals surface area contributed by atoms with E-state index in [4.69, 9.17) is 0 Å².